The van der Waals surface area contributed by atoms with Crippen LogP contribution in [0.4, 0.5) is 5.69 Å². The Labute approximate surface area is 79.5 Å². The molecule has 0 aromatic heterocycles. The molecule has 0 aliphatic carbocycles. The predicted octanol–water partition coefficient (Wildman–Crippen LogP) is 3.46. The third-order valence-corrected chi connectivity index (χ3v) is 2.64. The Bertz CT molecular complexity index is 361. The van der Waals surface area contributed by atoms with Gasteiger partial charge in [0, 0.05) is 5.71 Å². The van der Waals surface area contributed by atoms with E-state index in [4.69, 9.17) is 0 Å². The van der Waals surface area contributed by atoms with Gasteiger partial charge in [-0.05, 0) is 30.4 Å². The molecular formula is C12H15N. The lowest BCUT2D eigenvalue weighted by molar-refractivity contribution is 0.543. The van der Waals surface area contributed by atoms with Crippen molar-refractivity contribution in [1.29, 1.82) is 0 Å². The maximum atomic E-state index is 4.56. The maximum absolute atomic E-state index is 4.56. The Balaban J connectivity index is 2.62. The van der Waals surface area contributed by atoms with Crippen molar-refractivity contribution < 1.29 is 0 Å². The zero-order valence-electron chi connectivity index (χ0n) is 8.46. The van der Waals surface area contributed by atoms with Crippen LogP contribution in [-0.2, 0) is 5.41 Å². The van der Waals surface area contributed by atoms with Gasteiger partial charge in [-0.25, -0.2) is 0 Å². The van der Waals surface area contributed by atoms with Gasteiger partial charge in [-0.15, -0.1) is 0 Å². The summed E-state index contributed by atoms with van der Waals surface area (Å²) in [7, 11) is 0. The summed E-state index contributed by atoms with van der Waals surface area (Å²) < 4.78 is 0. The molecule has 0 saturated carbocycles. The molecule has 13 heavy (non-hydrogen) atoms. The Morgan fingerprint density at radius 3 is 2.69 bits per heavy atom. The fourth-order valence-electron chi connectivity index (χ4n) is 2.12. The van der Waals surface area contributed by atoms with Crippen molar-refractivity contribution in [2.45, 2.75) is 32.6 Å². The molecule has 0 atom stereocenters. The SMILES string of the molecule is CC1=Nc2ccccc2C(C)(C)C1. The molecule has 0 radical (unpaired) electrons. The van der Waals surface area contributed by atoms with Crippen molar-refractivity contribution in [3.63, 3.8) is 0 Å². The van der Waals surface area contributed by atoms with Gasteiger partial charge in [-0.1, -0.05) is 32.0 Å². The van der Waals surface area contributed by atoms with Gasteiger partial charge in [-0.2, -0.15) is 0 Å². The van der Waals surface area contributed by atoms with Gasteiger partial charge in [0.25, 0.3) is 0 Å². The minimum absolute atomic E-state index is 0.252. The lowest BCUT2D eigenvalue weighted by Gasteiger charge is -2.30. The molecule has 1 aliphatic rings. The molecule has 0 bridgehead atoms. The van der Waals surface area contributed by atoms with Crippen LogP contribution in [0.2, 0.25) is 0 Å². The van der Waals surface area contributed by atoms with Crippen molar-refractivity contribution in [1.82, 2.24) is 0 Å². The van der Waals surface area contributed by atoms with Gasteiger partial charge in [0.2, 0.25) is 0 Å². The van der Waals surface area contributed by atoms with E-state index in [1.807, 2.05) is 0 Å². The average molecular weight is 173 g/mol. The lowest BCUT2D eigenvalue weighted by Crippen LogP contribution is -2.23. The van der Waals surface area contributed by atoms with Crippen LogP contribution in [0.1, 0.15) is 32.8 Å². The molecule has 1 aromatic carbocycles. The number of para-hydroxylation sites is 1. The van der Waals surface area contributed by atoms with Crippen LogP contribution in [0.3, 0.4) is 0 Å². The van der Waals surface area contributed by atoms with Gasteiger partial charge >= 0.3 is 0 Å². The van der Waals surface area contributed by atoms with Crippen LogP contribution < -0.4 is 0 Å². The van der Waals surface area contributed by atoms with Crippen molar-refractivity contribution in [2.24, 2.45) is 4.99 Å². The smallest absolute Gasteiger partial charge is 0.0666 e. The predicted molar refractivity (Wildman–Crippen MR) is 56.9 cm³/mol. The fraction of sp³-hybridized carbons (Fsp3) is 0.417. The zero-order valence-corrected chi connectivity index (χ0v) is 8.46. The Morgan fingerprint density at radius 2 is 1.92 bits per heavy atom. The monoisotopic (exact) mass is 173 g/mol. The van der Waals surface area contributed by atoms with E-state index in [1.54, 1.807) is 0 Å². The van der Waals surface area contributed by atoms with E-state index in [1.165, 1.54) is 11.3 Å². The van der Waals surface area contributed by atoms with Gasteiger partial charge < -0.3 is 0 Å². The van der Waals surface area contributed by atoms with E-state index in [2.05, 4.69) is 50.0 Å². The molecule has 0 fully saturated rings. The second kappa shape index (κ2) is 2.69. The lowest BCUT2D eigenvalue weighted by atomic mass is 9.77. The summed E-state index contributed by atoms with van der Waals surface area (Å²) in [6, 6.07) is 8.43. The first-order valence-electron chi connectivity index (χ1n) is 4.73. The summed E-state index contributed by atoms with van der Waals surface area (Å²) in [5, 5.41) is 0. The van der Waals surface area contributed by atoms with E-state index in [0.717, 1.165) is 12.1 Å². The van der Waals surface area contributed by atoms with Gasteiger partial charge in [0.05, 0.1) is 5.69 Å². The highest BCUT2D eigenvalue weighted by atomic mass is 14.8. The number of nitrogens with zero attached hydrogens (tertiary/aromatic N) is 1. The molecule has 0 saturated heterocycles. The number of hydrogen-bond acceptors (Lipinski definition) is 1. The molecule has 1 aliphatic heterocycles. The Kier molecular flexibility index (Phi) is 1.76. The molecule has 0 spiro atoms. The molecule has 0 unspecified atom stereocenters. The average Bonchev–Trinajstić information content (AvgIpc) is 2.02. The fourth-order valence-corrected chi connectivity index (χ4v) is 2.12. The standard InChI is InChI=1S/C12H15N/c1-9-8-12(2,3)10-6-4-5-7-11(10)13-9/h4-7H,8H2,1-3H3. The number of benzene rings is 1. The van der Waals surface area contributed by atoms with E-state index < -0.39 is 0 Å². The first kappa shape index (κ1) is 8.49. The zero-order chi connectivity index (χ0) is 9.47. The number of fused-ring (bicyclic) bond motifs is 1. The molecule has 68 valence electrons. The van der Waals surface area contributed by atoms with Crippen molar-refractivity contribution >= 4 is 11.4 Å². The van der Waals surface area contributed by atoms with E-state index in [-0.39, 0.29) is 5.41 Å². The van der Waals surface area contributed by atoms with E-state index in [9.17, 15) is 0 Å². The quantitative estimate of drug-likeness (QED) is 0.569. The highest BCUT2D eigenvalue weighted by Crippen LogP contribution is 2.38. The van der Waals surface area contributed by atoms with E-state index >= 15 is 0 Å². The first-order valence-corrected chi connectivity index (χ1v) is 4.73. The van der Waals surface area contributed by atoms with Crippen LogP contribution >= 0.6 is 0 Å². The minimum atomic E-state index is 0.252. The van der Waals surface area contributed by atoms with Crippen molar-refractivity contribution in [3.05, 3.63) is 29.8 Å². The molecule has 0 N–H and O–H groups in total. The third-order valence-electron chi connectivity index (χ3n) is 2.64. The number of hydrogen-bond donors (Lipinski definition) is 0. The Hall–Kier alpha value is -1.11. The van der Waals surface area contributed by atoms with Crippen LogP contribution in [-0.4, -0.2) is 5.71 Å². The van der Waals surface area contributed by atoms with Crippen molar-refractivity contribution in [3.8, 4) is 0 Å². The number of rotatable bonds is 0. The van der Waals surface area contributed by atoms with Crippen LogP contribution in [0.15, 0.2) is 29.3 Å². The van der Waals surface area contributed by atoms with Gasteiger partial charge in [0.1, 0.15) is 0 Å². The molecule has 1 heterocycles. The highest BCUT2D eigenvalue weighted by molar-refractivity contribution is 5.88. The molecule has 1 aromatic rings. The molecular weight excluding hydrogens is 158 g/mol. The summed E-state index contributed by atoms with van der Waals surface area (Å²) in [6.07, 6.45) is 1.07. The summed E-state index contributed by atoms with van der Waals surface area (Å²) in [5.41, 5.74) is 4.02. The Morgan fingerprint density at radius 1 is 1.23 bits per heavy atom. The summed E-state index contributed by atoms with van der Waals surface area (Å²) in [6.45, 7) is 6.67. The summed E-state index contributed by atoms with van der Waals surface area (Å²) >= 11 is 0. The normalized spacial score (nSPS) is 19.2. The summed E-state index contributed by atoms with van der Waals surface area (Å²) in [4.78, 5) is 4.56. The minimum Gasteiger partial charge on any atom is -0.258 e. The molecule has 2 rings (SSSR count). The maximum Gasteiger partial charge on any atom is 0.0666 e. The summed E-state index contributed by atoms with van der Waals surface area (Å²) in [5.74, 6) is 0. The number of aliphatic imine (C=N–C) groups is 1. The highest BCUT2D eigenvalue weighted by Gasteiger charge is 2.27. The topological polar surface area (TPSA) is 12.4 Å². The molecule has 1 nitrogen and oxygen atoms in total. The van der Waals surface area contributed by atoms with Crippen LogP contribution in [0.25, 0.3) is 0 Å². The van der Waals surface area contributed by atoms with Crippen LogP contribution in [0, 0.1) is 0 Å². The second-order valence-electron chi connectivity index (χ2n) is 4.42. The van der Waals surface area contributed by atoms with Crippen molar-refractivity contribution in [2.75, 3.05) is 0 Å². The first-order chi connectivity index (χ1) is 6.09. The van der Waals surface area contributed by atoms with Crippen LogP contribution in [0.5, 0.6) is 0 Å². The molecule has 0 amide bonds. The van der Waals surface area contributed by atoms with E-state index in [0.29, 0.717) is 0 Å². The second-order valence-corrected chi connectivity index (χ2v) is 4.42. The van der Waals surface area contributed by atoms with Gasteiger partial charge in [-0.3, -0.25) is 4.99 Å². The third kappa shape index (κ3) is 1.39. The largest absolute Gasteiger partial charge is 0.258 e. The van der Waals surface area contributed by atoms with Gasteiger partial charge in [0.15, 0.2) is 0 Å². The molecule has 1 heteroatoms.